The molecule has 1 aliphatic carbocycles. The molecule has 2 atom stereocenters. The molecule has 2 unspecified atom stereocenters. The molecule has 18 heavy (non-hydrogen) atoms. The highest BCUT2D eigenvalue weighted by Gasteiger charge is 2.47. The Morgan fingerprint density at radius 2 is 2.17 bits per heavy atom. The molecule has 1 aliphatic rings. The molecule has 0 amide bonds. The number of aliphatic hydroxyl groups is 1. The predicted octanol–water partition coefficient (Wildman–Crippen LogP) is 1.87. The van der Waals surface area contributed by atoms with Crippen LogP contribution in [0.4, 0.5) is 11.4 Å². The van der Waals surface area contributed by atoms with Gasteiger partial charge in [-0.1, -0.05) is 13.8 Å². The van der Waals surface area contributed by atoms with Crippen LogP contribution in [0.15, 0.2) is 18.2 Å². The Hall–Kier alpha value is -1.82. The van der Waals surface area contributed by atoms with E-state index >= 15 is 0 Å². The van der Waals surface area contributed by atoms with Crippen LogP contribution < -0.4 is 5.32 Å². The highest BCUT2D eigenvalue weighted by molar-refractivity contribution is 5.64. The number of anilines is 1. The van der Waals surface area contributed by atoms with Crippen LogP contribution in [0.3, 0.4) is 0 Å². The molecule has 98 valence electrons. The van der Waals surface area contributed by atoms with Crippen molar-refractivity contribution in [1.82, 2.24) is 0 Å². The number of nitrogens with zero attached hydrogens (tertiary/aromatic N) is 1. The predicted molar refractivity (Wildman–Crippen MR) is 66.6 cm³/mol. The van der Waals surface area contributed by atoms with Crippen molar-refractivity contribution in [2.45, 2.75) is 32.4 Å². The summed E-state index contributed by atoms with van der Waals surface area (Å²) in [5, 5.41) is 32.9. The van der Waals surface area contributed by atoms with Crippen molar-refractivity contribution in [3.63, 3.8) is 0 Å². The molecule has 3 N–H and O–H groups in total. The number of hydrogen-bond acceptors (Lipinski definition) is 5. The zero-order valence-electron chi connectivity index (χ0n) is 10.3. The first-order valence-electron chi connectivity index (χ1n) is 5.74. The fourth-order valence-electron chi connectivity index (χ4n) is 2.13. The summed E-state index contributed by atoms with van der Waals surface area (Å²) in [6, 6.07) is 3.98. The first kappa shape index (κ1) is 12.6. The maximum atomic E-state index is 10.9. The molecule has 1 fully saturated rings. The number of aliphatic hydroxyl groups excluding tert-OH is 1. The van der Waals surface area contributed by atoms with Crippen LogP contribution in [-0.4, -0.2) is 27.3 Å². The van der Waals surface area contributed by atoms with Gasteiger partial charge in [0.25, 0.3) is 5.69 Å². The van der Waals surface area contributed by atoms with Crippen molar-refractivity contribution in [1.29, 1.82) is 0 Å². The standard InChI is InChI=1S/C12H16N2O4/c1-12(2)10(6-11(12)16)13-8-4-3-7(15)5-9(8)14(17)18/h3-5,10-11,13,15-16H,6H2,1-2H3. The van der Waals surface area contributed by atoms with Crippen molar-refractivity contribution < 1.29 is 15.1 Å². The molecule has 1 aromatic rings. The lowest BCUT2D eigenvalue weighted by Gasteiger charge is -2.49. The summed E-state index contributed by atoms with van der Waals surface area (Å²) in [5.74, 6) is -0.139. The number of rotatable bonds is 3. The fourth-order valence-corrected chi connectivity index (χ4v) is 2.13. The highest BCUT2D eigenvalue weighted by Crippen LogP contribution is 2.43. The number of nitro groups is 1. The molecular weight excluding hydrogens is 236 g/mol. The summed E-state index contributed by atoms with van der Waals surface area (Å²) in [7, 11) is 0. The molecule has 0 heterocycles. The van der Waals surface area contributed by atoms with E-state index in [0.29, 0.717) is 12.1 Å². The molecular formula is C12H16N2O4. The molecule has 0 saturated heterocycles. The van der Waals surface area contributed by atoms with Gasteiger partial charge in [-0.15, -0.1) is 0 Å². The van der Waals surface area contributed by atoms with Crippen LogP contribution in [0.1, 0.15) is 20.3 Å². The Labute approximate surface area is 104 Å². The lowest BCUT2D eigenvalue weighted by atomic mass is 9.64. The number of aromatic hydroxyl groups is 1. The molecule has 0 aromatic heterocycles. The van der Waals surface area contributed by atoms with E-state index in [0.717, 1.165) is 6.07 Å². The third kappa shape index (κ3) is 1.99. The molecule has 0 spiro atoms. The minimum absolute atomic E-state index is 0.0178. The third-order valence-corrected chi connectivity index (χ3v) is 3.72. The minimum atomic E-state index is -0.538. The largest absolute Gasteiger partial charge is 0.508 e. The fraction of sp³-hybridized carbons (Fsp3) is 0.500. The maximum Gasteiger partial charge on any atom is 0.296 e. The normalized spacial score (nSPS) is 25.3. The lowest BCUT2D eigenvalue weighted by Crippen LogP contribution is -2.56. The van der Waals surface area contributed by atoms with E-state index in [1.54, 1.807) is 0 Å². The highest BCUT2D eigenvalue weighted by atomic mass is 16.6. The molecule has 6 nitrogen and oxygen atoms in total. The van der Waals surface area contributed by atoms with Gasteiger partial charge >= 0.3 is 0 Å². The number of hydrogen-bond donors (Lipinski definition) is 3. The summed E-state index contributed by atoms with van der Waals surface area (Å²) >= 11 is 0. The van der Waals surface area contributed by atoms with Crippen LogP contribution >= 0.6 is 0 Å². The van der Waals surface area contributed by atoms with Gasteiger partial charge in [0.1, 0.15) is 11.4 Å². The van der Waals surface area contributed by atoms with E-state index < -0.39 is 11.0 Å². The first-order valence-corrected chi connectivity index (χ1v) is 5.74. The molecule has 0 aliphatic heterocycles. The third-order valence-electron chi connectivity index (χ3n) is 3.72. The van der Waals surface area contributed by atoms with Crippen molar-refractivity contribution in [3.05, 3.63) is 28.3 Å². The van der Waals surface area contributed by atoms with E-state index in [4.69, 9.17) is 0 Å². The summed E-state index contributed by atoms with van der Waals surface area (Å²) in [5.41, 5.74) is -0.110. The Morgan fingerprint density at radius 1 is 1.50 bits per heavy atom. The number of phenolic OH excluding ortho intramolecular Hbond substituents is 1. The van der Waals surface area contributed by atoms with Crippen LogP contribution in [0.5, 0.6) is 5.75 Å². The second-order valence-corrected chi connectivity index (χ2v) is 5.23. The second kappa shape index (κ2) is 4.13. The molecule has 6 heteroatoms. The summed E-state index contributed by atoms with van der Waals surface area (Å²) in [6.45, 7) is 3.82. The van der Waals surface area contributed by atoms with Crippen molar-refractivity contribution >= 4 is 11.4 Å². The van der Waals surface area contributed by atoms with E-state index in [1.165, 1.54) is 12.1 Å². The Balaban J connectivity index is 2.23. The van der Waals surface area contributed by atoms with Gasteiger partial charge in [0.05, 0.1) is 17.1 Å². The summed E-state index contributed by atoms with van der Waals surface area (Å²) in [4.78, 5) is 10.4. The maximum absolute atomic E-state index is 10.9. The van der Waals surface area contributed by atoms with Crippen molar-refractivity contribution in [2.24, 2.45) is 5.41 Å². The number of benzene rings is 1. The zero-order valence-corrected chi connectivity index (χ0v) is 10.3. The van der Waals surface area contributed by atoms with Gasteiger partial charge < -0.3 is 15.5 Å². The van der Waals surface area contributed by atoms with Gasteiger partial charge in [-0.2, -0.15) is 0 Å². The van der Waals surface area contributed by atoms with Gasteiger partial charge in [0, 0.05) is 11.5 Å². The Bertz CT molecular complexity index is 487. The van der Waals surface area contributed by atoms with Crippen LogP contribution in [0, 0.1) is 15.5 Å². The minimum Gasteiger partial charge on any atom is -0.508 e. The average Bonchev–Trinajstić information content (AvgIpc) is 2.30. The zero-order chi connectivity index (χ0) is 13.5. The molecule has 0 bridgehead atoms. The van der Waals surface area contributed by atoms with Gasteiger partial charge in [-0.25, -0.2) is 0 Å². The summed E-state index contributed by atoms with van der Waals surface area (Å²) < 4.78 is 0. The van der Waals surface area contributed by atoms with Crippen molar-refractivity contribution in [2.75, 3.05) is 5.32 Å². The van der Waals surface area contributed by atoms with Gasteiger partial charge in [0.15, 0.2) is 0 Å². The Morgan fingerprint density at radius 3 is 2.67 bits per heavy atom. The van der Waals surface area contributed by atoms with Crippen molar-refractivity contribution in [3.8, 4) is 5.75 Å². The van der Waals surface area contributed by atoms with Crippen LogP contribution in [-0.2, 0) is 0 Å². The van der Waals surface area contributed by atoms with Gasteiger partial charge in [0.2, 0.25) is 0 Å². The first-order chi connectivity index (χ1) is 8.32. The van der Waals surface area contributed by atoms with Gasteiger partial charge in [-0.3, -0.25) is 10.1 Å². The van der Waals surface area contributed by atoms with Crippen LogP contribution in [0.2, 0.25) is 0 Å². The van der Waals surface area contributed by atoms with E-state index in [-0.39, 0.29) is 22.9 Å². The number of nitrogens with one attached hydrogen (secondary N) is 1. The summed E-state index contributed by atoms with van der Waals surface area (Å²) in [6.07, 6.45) is 0.163. The molecule has 1 saturated carbocycles. The molecule has 0 radical (unpaired) electrons. The van der Waals surface area contributed by atoms with E-state index in [1.807, 2.05) is 13.8 Å². The quantitative estimate of drug-likeness (QED) is 0.433. The SMILES string of the molecule is CC1(C)C(O)CC1Nc1ccc(O)cc1[N+](=O)[O-]. The topological polar surface area (TPSA) is 95.6 Å². The van der Waals surface area contributed by atoms with E-state index in [9.17, 15) is 20.3 Å². The Kier molecular flexibility index (Phi) is 2.90. The van der Waals surface area contributed by atoms with Crippen LogP contribution in [0.25, 0.3) is 0 Å². The number of phenols is 1. The number of nitro benzene ring substituents is 1. The monoisotopic (exact) mass is 252 g/mol. The van der Waals surface area contributed by atoms with Gasteiger partial charge in [-0.05, 0) is 18.6 Å². The average molecular weight is 252 g/mol. The van der Waals surface area contributed by atoms with E-state index in [2.05, 4.69) is 5.32 Å². The lowest BCUT2D eigenvalue weighted by molar-refractivity contribution is -0.384. The smallest absolute Gasteiger partial charge is 0.296 e. The molecule has 1 aromatic carbocycles. The second-order valence-electron chi connectivity index (χ2n) is 5.23. The molecule has 2 rings (SSSR count).